The van der Waals surface area contributed by atoms with Crippen molar-refractivity contribution < 1.29 is 64.6 Å². The summed E-state index contributed by atoms with van der Waals surface area (Å²) in [6.07, 6.45) is 32.8. The van der Waals surface area contributed by atoms with E-state index in [0.717, 1.165) is 51.4 Å². The predicted molar refractivity (Wildman–Crippen MR) is 286 cm³/mol. The number of carbonyl (C=O) groups is 1. The summed E-state index contributed by atoms with van der Waals surface area (Å²) in [6.45, 7) is 2.87. The van der Waals surface area contributed by atoms with Crippen molar-refractivity contribution in [3.8, 4) is 0 Å². The third-order valence-corrected chi connectivity index (χ3v) is 15.3. The minimum atomic E-state index is -1.78. The highest BCUT2D eigenvalue weighted by molar-refractivity contribution is 5.76. The molecule has 2 aliphatic heterocycles. The molecule has 2 heterocycles. The van der Waals surface area contributed by atoms with Crippen molar-refractivity contribution in [3.05, 3.63) is 0 Å². The summed E-state index contributed by atoms with van der Waals surface area (Å²) in [7, 11) is 0. The van der Waals surface area contributed by atoms with Crippen LogP contribution in [0.4, 0.5) is 0 Å². The molecular formula is C58H113NO13. The molecule has 12 atom stereocenters. The quantitative estimate of drug-likeness (QED) is 0.0259. The Bertz CT molecular complexity index is 1220. The van der Waals surface area contributed by atoms with E-state index in [2.05, 4.69) is 19.2 Å². The zero-order valence-corrected chi connectivity index (χ0v) is 46.0. The first-order valence-electron chi connectivity index (χ1n) is 30.3. The largest absolute Gasteiger partial charge is 0.394 e. The van der Waals surface area contributed by atoms with Crippen molar-refractivity contribution >= 4 is 5.91 Å². The zero-order chi connectivity index (χ0) is 52.4. The molecule has 0 aromatic rings. The van der Waals surface area contributed by atoms with Gasteiger partial charge in [-0.15, -0.1) is 0 Å². The SMILES string of the molecule is CCCCCCCCCCCCCCCCCCCCCCCCCCCCCCC(O)C(COC1OC(CO)C(OC2OC(CO)C(O)C(O)C2O)C(O)C1O)NC(=O)CCCCCCCCCCCC. The molecule has 0 aliphatic carbocycles. The summed E-state index contributed by atoms with van der Waals surface area (Å²) in [6, 6.07) is -0.821. The van der Waals surface area contributed by atoms with Gasteiger partial charge in [-0.05, 0) is 12.8 Å². The first kappa shape index (κ1) is 67.1. The molecule has 2 rings (SSSR count). The molecule has 2 saturated heterocycles. The van der Waals surface area contributed by atoms with Crippen LogP contribution in [0.1, 0.15) is 271 Å². The van der Waals surface area contributed by atoms with Gasteiger partial charge in [-0.3, -0.25) is 4.79 Å². The lowest BCUT2D eigenvalue weighted by Crippen LogP contribution is -2.65. The first-order chi connectivity index (χ1) is 35.1. The molecule has 2 fully saturated rings. The first-order valence-corrected chi connectivity index (χ1v) is 30.3. The van der Waals surface area contributed by atoms with Gasteiger partial charge in [0.15, 0.2) is 12.6 Å². The van der Waals surface area contributed by atoms with Gasteiger partial charge in [0.05, 0.1) is 32.0 Å². The van der Waals surface area contributed by atoms with E-state index >= 15 is 0 Å². The molecule has 9 N–H and O–H groups in total. The van der Waals surface area contributed by atoms with E-state index < -0.39 is 86.8 Å². The molecule has 14 heteroatoms. The van der Waals surface area contributed by atoms with E-state index in [4.69, 9.17) is 18.9 Å². The summed E-state index contributed by atoms with van der Waals surface area (Å²) < 4.78 is 22.8. The maximum atomic E-state index is 13.2. The Labute approximate surface area is 438 Å². The van der Waals surface area contributed by atoms with Crippen LogP contribution in [-0.2, 0) is 23.7 Å². The molecule has 72 heavy (non-hydrogen) atoms. The van der Waals surface area contributed by atoms with E-state index in [0.29, 0.717) is 12.8 Å². The molecule has 0 spiro atoms. The zero-order valence-electron chi connectivity index (χ0n) is 46.0. The van der Waals surface area contributed by atoms with Crippen molar-refractivity contribution in [1.82, 2.24) is 5.32 Å². The number of hydrogen-bond donors (Lipinski definition) is 9. The van der Waals surface area contributed by atoms with E-state index in [9.17, 15) is 45.6 Å². The number of rotatable bonds is 49. The van der Waals surface area contributed by atoms with Crippen LogP contribution in [0.25, 0.3) is 0 Å². The number of unbranched alkanes of at least 4 members (excludes halogenated alkanes) is 36. The minimum Gasteiger partial charge on any atom is -0.394 e. The highest BCUT2D eigenvalue weighted by atomic mass is 16.7. The van der Waals surface area contributed by atoms with Crippen LogP contribution < -0.4 is 5.32 Å². The van der Waals surface area contributed by atoms with Gasteiger partial charge >= 0.3 is 0 Å². The fourth-order valence-electron chi connectivity index (χ4n) is 10.4. The second kappa shape index (κ2) is 45.1. The van der Waals surface area contributed by atoms with Gasteiger partial charge in [0.1, 0.15) is 48.8 Å². The van der Waals surface area contributed by atoms with Gasteiger partial charge < -0.3 is 65.1 Å². The second-order valence-corrected chi connectivity index (χ2v) is 21.8. The lowest BCUT2D eigenvalue weighted by atomic mass is 9.97. The Kier molecular flexibility index (Phi) is 42.0. The minimum absolute atomic E-state index is 0.205. The van der Waals surface area contributed by atoms with Crippen molar-refractivity contribution in [2.45, 2.75) is 344 Å². The summed E-state index contributed by atoms with van der Waals surface area (Å²) in [5.74, 6) is -0.205. The standard InChI is InChI=1S/C58H113NO13/c1-3-5-7-9-11-13-15-16-17-18-19-20-21-22-23-24-25-26-27-28-29-30-31-32-33-35-37-39-41-47(62)46(59-50(63)42-40-38-36-34-14-12-10-8-6-4-2)45-69-57-55(68)53(66)56(49(44-61)71-57)72-58-54(67)52(65)51(64)48(43-60)70-58/h46-49,51-58,60-62,64-68H,3-45H2,1-2H3,(H,59,63). The van der Waals surface area contributed by atoms with Gasteiger partial charge in [0, 0.05) is 6.42 Å². The Morgan fingerprint density at radius 2 is 0.792 bits per heavy atom. The van der Waals surface area contributed by atoms with Gasteiger partial charge in [-0.1, -0.05) is 251 Å². The molecule has 14 nitrogen and oxygen atoms in total. The Morgan fingerprint density at radius 1 is 0.444 bits per heavy atom. The second-order valence-electron chi connectivity index (χ2n) is 21.8. The lowest BCUT2D eigenvalue weighted by molar-refractivity contribution is -0.359. The molecule has 0 saturated carbocycles. The molecule has 0 aromatic heterocycles. The average molecular weight is 1030 g/mol. The van der Waals surface area contributed by atoms with Gasteiger partial charge in [0.25, 0.3) is 0 Å². The topological polar surface area (TPSA) is 228 Å². The fourth-order valence-corrected chi connectivity index (χ4v) is 10.4. The highest BCUT2D eigenvalue weighted by Crippen LogP contribution is 2.30. The Hall–Kier alpha value is -1.01. The molecule has 0 bridgehead atoms. The number of nitrogens with one attached hydrogen (secondary N) is 1. The van der Waals surface area contributed by atoms with Crippen LogP contribution in [0.3, 0.4) is 0 Å². The van der Waals surface area contributed by atoms with Gasteiger partial charge in [-0.2, -0.15) is 0 Å². The smallest absolute Gasteiger partial charge is 0.220 e. The van der Waals surface area contributed by atoms with Crippen LogP contribution in [0, 0.1) is 0 Å². The Morgan fingerprint density at radius 3 is 1.18 bits per heavy atom. The number of aliphatic hydroxyl groups is 8. The van der Waals surface area contributed by atoms with E-state index in [1.54, 1.807) is 0 Å². The van der Waals surface area contributed by atoms with E-state index in [1.165, 1.54) is 193 Å². The van der Waals surface area contributed by atoms with Crippen molar-refractivity contribution in [2.75, 3.05) is 19.8 Å². The maximum absolute atomic E-state index is 13.2. The third kappa shape index (κ3) is 30.7. The van der Waals surface area contributed by atoms with Crippen LogP contribution in [0.15, 0.2) is 0 Å². The highest BCUT2D eigenvalue weighted by Gasteiger charge is 2.51. The van der Waals surface area contributed by atoms with Gasteiger partial charge in [0.2, 0.25) is 5.91 Å². The molecule has 0 aromatic carbocycles. The van der Waals surface area contributed by atoms with Crippen LogP contribution in [0.5, 0.6) is 0 Å². The fraction of sp³-hybridized carbons (Fsp3) is 0.983. The molecule has 428 valence electrons. The molecule has 1 amide bonds. The molecule has 0 radical (unpaired) electrons. The number of amides is 1. The summed E-state index contributed by atoms with van der Waals surface area (Å²) >= 11 is 0. The summed E-state index contributed by atoms with van der Waals surface area (Å²) in [4.78, 5) is 13.2. The van der Waals surface area contributed by atoms with E-state index in [1.807, 2.05) is 0 Å². The normalized spacial score (nSPS) is 25.5. The molecule has 12 unspecified atom stereocenters. The van der Waals surface area contributed by atoms with Crippen LogP contribution in [0.2, 0.25) is 0 Å². The van der Waals surface area contributed by atoms with Gasteiger partial charge in [-0.25, -0.2) is 0 Å². The lowest BCUT2D eigenvalue weighted by Gasteiger charge is -2.46. The summed E-state index contributed by atoms with van der Waals surface area (Å²) in [5.41, 5.74) is 0. The number of ether oxygens (including phenoxy) is 4. The summed E-state index contributed by atoms with van der Waals surface area (Å²) in [5, 5.41) is 87.1. The number of hydrogen-bond acceptors (Lipinski definition) is 13. The van der Waals surface area contributed by atoms with Crippen molar-refractivity contribution in [2.24, 2.45) is 0 Å². The van der Waals surface area contributed by atoms with Crippen LogP contribution >= 0.6 is 0 Å². The molecule has 2 aliphatic rings. The number of carbonyl (C=O) groups excluding carboxylic acids is 1. The average Bonchev–Trinajstić information content (AvgIpc) is 3.38. The van der Waals surface area contributed by atoms with Crippen molar-refractivity contribution in [1.29, 1.82) is 0 Å². The monoisotopic (exact) mass is 1030 g/mol. The maximum Gasteiger partial charge on any atom is 0.220 e. The van der Waals surface area contributed by atoms with Crippen molar-refractivity contribution in [3.63, 3.8) is 0 Å². The van der Waals surface area contributed by atoms with Crippen LogP contribution in [-0.4, -0.2) is 140 Å². The number of aliphatic hydroxyl groups excluding tert-OH is 8. The Balaban J connectivity index is 1.65. The third-order valence-electron chi connectivity index (χ3n) is 15.3. The molecular weight excluding hydrogens is 919 g/mol. The van der Waals surface area contributed by atoms with E-state index in [-0.39, 0.29) is 12.5 Å². The predicted octanol–water partition coefficient (Wildman–Crippen LogP) is 10.1.